The zero-order valence-electron chi connectivity index (χ0n) is 13.5. The van der Waals surface area contributed by atoms with Crippen LogP contribution in [-0.2, 0) is 11.2 Å². The Morgan fingerprint density at radius 3 is 2.15 bits per heavy atom. The molecule has 1 aliphatic rings. The van der Waals surface area contributed by atoms with Gasteiger partial charge in [0.15, 0.2) is 0 Å². The molecule has 0 heterocycles. The van der Waals surface area contributed by atoms with Gasteiger partial charge in [-0.05, 0) is 44.6 Å². The fraction of sp³-hybridized carbons (Fsp3) is 0.632. The van der Waals surface area contributed by atoms with Gasteiger partial charge in [-0.2, -0.15) is 0 Å². The smallest absolute Gasteiger partial charge is 0.143 e. The molecule has 0 aromatic heterocycles. The topological polar surface area (TPSA) is 17.1 Å². The number of carbonyl (C=O) groups is 1. The summed E-state index contributed by atoms with van der Waals surface area (Å²) >= 11 is 0. The predicted molar refractivity (Wildman–Crippen MR) is 85.0 cm³/mol. The highest BCUT2D eigenvalue weighted by Crippen LogP contribution is 2.44. The van der Waals surface area contributed by atoms with Gasteiger partial charge in [-0.1, -0.05) is 56.0 Å². The molecule has 0 bridgehead atoms. The summed E-state index contributed by atoms with van der Waals surface area (Å²) in [6, 6.07) is 6.51. The molecule has 0 unspecified atom stereocenters. The molecule has 20 heavy (non-hydrogen) atoms. The number of hydrogen-bond donors (Lipinski definition) is 0. The summed E-state index contributed by atoms with van der Waals surface area (Å²) in [6.07, 6.45) is 6.35. The zero-order valence-corrected chi connectivity index (χ0v) is 13.5. The van der Waals surface area contributed by atoms with E-state index in [1.54, 1.807) is 0 Å². The third-order valence-electron chi connectivity index (χ3n) is 4.60. The van der Waals surface area contributed by atoms with Crippen LogP contribution in [0.5, 0.6) is 0 Å². The third-order valence-corrected chi connectivity index (χ3v) is 4.60. The SMILES string of the molecule is Cc1cc(C)cc(CC(=O)C2(CC(C)C)CCCC2)c1. The van der Waals surface area contributed by atoms with Gasteiger partial charge < -0.3 is 0 Å². The number of rotatable bonds is 5. The molecule has 2 rings (SSSR count). The number of ketones is 1. The van der Waals surface area contributed by atoms with Gasteiger partial charge in [0, 0.05) is 11.8 Å². The standard InChI is InChI=1S/C19H28O/c1-14(2)13-19(7-5-6-8-19)18(20)12-17-10-15(3)9-16(4)11-17/h9-11,14H,5-8,12-13H2,1-4H3. The fourth-order valence-electron chi connectivity index (χ4n) is 3.97. The molecule has 1 saturated carbocycles. The molecule has 0 saturated heterocycles. The Bertz CT molecular complexity index is 458. The molecular formula is C19H28O. The van der Waals surface area contributed by atoms with E-state index in [2.05, 4.69) is 45.9 Å². The van der Waals surface area contributed by atoms with Crippen LogP contribution in [0.4, 0.5) is 0 Å². The molecule has 1 aliphatic carbocycles. The van der Waals surface area contributed by atoms with Crippen LogP contribution in [0.2, 0.25) is 0 Å². The maximum absolute atomic E-state index is 12.9. The van der Waals surface area contributed by atoms with Crippen LogP contribution in [0.15, 0.2) is 18.2 Å². The van der Waals surface area contributed by atoms with Crippen molar-refractivity contribution in [1.29, 1.82) is 0 Å². The van der Waals surface area contributed by atoms with E-state index in [1.165, 1.54) is 29.5 Å². The monoisotopic (exact) mass is 272 g/mol. The van der Waals surface area contributed by atoms with E-state index in [1.807, 2.05) is 0 Å². The first-order valence-electron chi connectivity index (χ1n) is 8.02. The normalized spacial score (nSPS) is 17.6. The van der Waals surface area contributed by atoms with Gasteiger partial charge in [-0.3, -0.25) is 4.79 Å². The minimum absolute atomic E-state index is 0.0220. The molecule has 1 heteroatoms. The Kier molecular flexibility index (Phi) is 4.67. The summed E-state index contributed by atoms with van der Waals surface area (Å²) in [7, 11) is 0. The van der Waals surface area contributed by atoms with Crippen molar-refractivity contribution in [2.75, 3.05) is 0 Å². The Morgan fingerprint density at radius 1 is 1.10 bits per heavy atom. The van der Waals surface area contributed by atoms with E-state index < -0.39 is 0 Å². The Balaban J connectivity index is 2.16. The van der Waals surface area contributed by atoms with Gasteiger partial charge in [0.25, 0.3) is 0 Å². The number of carbonyl (C=O) groups excluding carboxylic acids is 1. The van der Waals surface area contributed by atoms with Crippen LogP contribution >= 0.6 is 0 Å². The Hall–Kier alpha value is -1.11. The highest BCUT2D eigenvalue weighted by Gasteiger charge is 2.40. The van der Waals surface area contributed by atoms with Crippen molar-refractivity contribution < 1.29 is 4.79 Å². The number of benzene rings is 1. The van der Waals surface area contributed by atoms with Crippen molar-refractivity contribution in [2.24, 2.45) is 11.3 Å². The van der Waals surface area contributed by atoms with Gasteiger partial charge in [-0.25, -0.2) is 0 Å². The molecule has 0 radical (unpaired) electrons. The van der Waals surface area contributed by atoms with Gasteiger partial charge >= 0.3 is 0 Å². The average Bonchev–Trinajstić information content (AvgIpc) is 2.76. The minimum Gasteiger partial charge on any atom is -0.299 e. The van der Waals surface area contributed by atoms with Crippen LogP contribution in [0.25, 0.3) is 0 Å². The number of Topliss-reactive ketones (excluding diaryl/α,β-unsaturated/α-hetero) is 1. The first kappa shape index (κ1) is 15.3. The summed E-state index contributed by atoms with van der Waals surface area (Å²) in [5, 5.41) is 0. The van der Waals surface area contributed by atoms with E-state index in [0.29, 0.717) is 18.1 Å². The first-order chi connectivity index (χ1) is 9.41. The third kappa shape index (κ3) is 3.50. The lowest BCUT2D eigenvalue weighted by atomic mass is 9.73. The molecular weight excluding hydrogens is 244 g/mol. The quantitative estimate of drug-likeness (QED) is 0.735. The lowest BCUT2D eigenvalue weighted by Gasteiger charge is -2.29. The Labute approximate surface area is 123 Å². The van der Waals surface area contributed by atoms with Crippen molar-refractivity contribution >= 4 is 5.78 Å². The molecule has 1 aromatic rings. The molecule has 110 valence electrons. The number of hydrogen-bond acceptors (Lipinski definition) is 1. The average molecular weight is 272 g/mol. The van der Waals surface area contributed by atoms with Crippen molar-refractivity contribution in [2.45, 2.75) is 66.2 Å². The number of aryl methyl sites for hydroxylation is 2. The largest absolute Gasteiger partial charge is 0.299 e. The van der Waals surface area contributed by atoms with E-state index in [9.17, 15) is 4.79 Å². The molecule has 0 N–H and O–H groups in total. The van der Waals surface area contributed by atoms with Crippen LogP contribution in [0.1, 0.15) is 62.6 Å². The maximum Gasteiger partial charge on any atom is 0.143 e. The minimum atomic E-state index is -0.0220. The van der Waals surface area contributed by atoms with Gasteiger partial charge in [0.05, 0.1) is 0 Å². The van der Waals surface area contributed by atoms with Gasteiger partial charge in [0.1, 0.15) is 5.78 Å². The van der Waals surface area contributed by atoms with Crippen molar-refractivity contribution in [3.63, 3.8) is 0 Å². The predicted octanol–water partition coefficient (Wildman–Crippen LogP) is 5.02. The van der Waals surface area contributed by atoms with Crippen LogP contribution in [0, 0.1) is 25.2 Å². The molecule has 1 aromatic carbocycles. The highest BCUT2D eigenvalue weighted by atomic mass is 16.1. The second-order valence-corrected chi connectivity index (χ2v) is 7.18. The van der Waals surface area contributed by atoms with Crippen molar-refractivity contribution in [1.82, 2.24) is 0 Å². The van der Waals surface area contributed by atoms with Gasteiger partial charge in [-0.15, -0.1) is 0 Å². The Morgan fingerprint density at radius 2 is 1.65 bits per heavy atom. The van der Waals surface area contributed by atoms with E-state index in [4.69, 9.17) is 0 Å². The summed E-state index contributed by atoms with van der Waals surface area (Å²) in [4.78, 5) is 12.9. The van der Waals surface area contributed by atoms with Crippen molar-refractivity contribution in [3.8, 4) is 0 Å². The van der Waals surface area contributed by atoms with Gasteiger partial charge in [0.2, 0.25) is 0 Å². The van der Waals surface area contributed by atoms with E-state index in [0.717, 1.165) is 19.3 Å². The molecule has 0 amide bonds. The summed E-state index contributed by atoms with van der Waals surface area (Å²) in [5.74, 6) is 1.09. The molecule has 1 fully saturated rings. The zero-order chi connectivity index (χ0) is 14.8. The maximum atomic E-state index is 12.9. The fourth-order valence-corrected chi connectivity index (χ4v) is 3.97. The second kappa shape index (κ2) is 6.11. The lowest BCUT2D eigenvalue weighted by Crippen LogP contribution is -2.31. The molecule has 0 spiro atoms. The molecule has 1 nitrogen and oxygen atoms in total. The summed E-state index contributed by atoms with van der Waals surface area (Å²) in [6.45, 7) is 8.70. The lowest BCUT2D eigenvalue weighted by molar-refractivity contribution is -0.128. The van der Waals surface area contributed by atoms with Crippen LogP contribution in [-0.4, -0.2) is 5.78 Å². The first-order valence-corrected chi connectivity index (χ1v) is 8.02. The highest BCUT2D eigenvalue weighted by molar-refractivity contribution is 5.87. The summed E-state index contributed by atoms with van der Waals surface area (Å²) in [5.41, 5.74) is 3.70. The van der Waals surface area contributed by atoms with Crippen LogP contribution in [0.3, 0.4) is 0 Å². The van der Waals surface area contributed by atoms with Crippen molar-refractivity contribution in [3.05, 3.63) is 34.9 Å². The van der Waals surface area contributed by atoms with E-state index in [-0.39, 0.29) is 5.41 Å². The summed E-state index contributed by atoms with van der Waals surface area (Å²) < 4.78 is 0. The molecule has 0 aliphatic heterocycles. The molecule has 0 atom stereocenters. The second-order valence-electron chi connectivity index (χ2n) is 7.18. The van der Waals surface area contributed by atoms with E-state index >= 15 is 0 Å². The van der Waals surface area contributed by atoms with Crippen LogP contribution < -0.4 is 0 Å².